The average molecular weight is 253 g/mol. The van der Waals surface area contributed by atoms with Crippen molar-refractivity contribution in [2.75, 3.05) is 0 Å². The van der Waals surface area contributed by atoms with Crippen LogP contribution in [-0.2, 0) is 0 Å². The highest BCUT2D eigenvalue weighted by Gasteiger charge is 2.26. The lowest BCUT2D eigenvalue weighted by molar-refractivity contribution is 0.151. The summed E-state index contributed by atoms with van der Waals surface area (Å²) in [4.78, 5) is 0. The summed E-state index contributed by atoms with van der Waals surface area (Å²) in [6.45, 7) is 18.5. The Hall–Kier alpha value is 0. The van der Waals surface area contributed by atoms with Crippen LogP contribution in [0.4, 0.5) is 0 Å². The van der Waals surface area contributed by atoms with Crippen LogP contribution in [0.2, 0.25) is 0 Å². The first kappa shape index (κ1) is 18.0. The molecule has 110 valence electrons. The maximum Gasteiger partial charge on any atom is -0.0340 e. The van der Waals surface area contributed by atoms with Crippen LogP contribution in [0.25, 0.3) is 0 Å². The largest absolute Gasteiger partial charge is 0.340 e. The Morgan fingerprint density at radius 2 is 1.44 bits per heavy atom. The fourth-order valence-electron chi connectivity index (χ4n) is 3.58. The van der Waals surface area contributed by atoms with Crippen molar-refractivity contribution >= 4 is 0 Å². The van der Waals surface area contributed by atoms with Crippen LogP contribution >= 0.6 is 0 Å². The van der Waals surface area contributed by atoms with Crippen molar-refractivity contribution < 1.29 is 0 Å². The third kappa shape index (κ3) is 6.81. The van der Waals surface area contributed by atoms with Crippen molar-refractivity contribution in [3.8, 4) is 0 Å². The van der Waals surface area contributed by atoms with E-state index in [-0.39, 0.29) is 0 Å². The van der Waals surface area contributed by atoms with Crippen LogP contribution in [0.5, 0.6) is 0 Å². The Labute approximate surface area is 117 Å². The third-order valence-electron chi connectivity index (χ3n) is 4.48. The van der Waals surface area contributed by atoms with Crippen LogP contribution in [0, 0.1) is 36.5 Å². The van der Waals surface area contributed by atoms with Gasteiger partial charge < -0.3 is 6.92 Å². The van der Waals surface area contributed by atoms with Crippen LogP contribution in [0.1, 0.15) is 80.1 Å². The fraction of sp³-hybridized carbons (Fsp3) is 0.944. The van der Waals surface area contributed by atoms with Gasteiger partial charge in [0.25, 0.3) is 0 Å². The molecule has 0 saturated carbocycles. The van der Waals surface area contributed by atoms with Gasteiger partial charge in [0.1, 0.15) is 0 Å². The molecular weight excluding hydrogens is 216 g/mol. The molecule has 0 aromatic rings. The summed E-state index contributed by atoms with van der Waals surface area (Å²) in [5, 5.41) is 0. The van der Waals surface area contributed by atoms with E-state index < -0.39 is 0 Å². The van der Waals surface area contributed by atoms with E-state index in [9.17, 15) is 0 Å². The topological polar surface area (TPSA) is 0 Å². The van der Waals surface area contributed by atoms with Crippen LogP contribution in [-0.4, -0.2) is 0 Å². The highest BCUT2D eigenvalue weighted by atomic mass is 14.3. The molecule has 0 aliphatic rings. The molecule has 0 aromatic carbocycles. The first-order chi connectivity index (χ1) is 8.43. The van der Waals surface area contributed by atoms with Crippen molar-refractivity contribution in [2.24, 2.45) is 29.6 Å². The number of unbranched alkanes of at least 4 members (excludes halogenated alkanes) is 2. The molecule has 0 aromatic heterocycles. The van der Waals surface area contributed by atoms with Gasteiger partial charge in [-0.3, -0.25) is 0 Å². The van der Waals surface area contributed by atoms with Gasteiger partial charge in [-0.25, -0.2) is 0 Å². The Bertz CT molecular complexity index is 172. The van der Waals surface area contributed by atoms with Gasteiger partial charge in [0.15, 0.2) is 0 Å². The molecule has 0 N–H and O–H groups in total. The quantitative estimate of drug-likeness (QED) is 0.314. The van der Waals surface area contributed by atoms with Crippen molar-refractivity contribution in [1.82, 2.24) is 0 Å². The zero-order valence-electron chi connectivity index (χ0n) is 13.8. The van der Waals surface area contributed by atoms with Crippen molar-refractivity contribution in [1.29, 1.82) is 0 Å². The Morgan fingerprint density at radius 1 is 0.889 bits per heavy atom. The first-order valence-electron chi connectivity index (χ1n) is 8.26. The van der Waals surface area contributed by atoms with Gasteiger partial charge in [0, 0.05) is 0 Å². The predicted octanol–water partition coefficient (Wildman–Crippen LogP) is 6.36. The molecule has 2 unspecified atom stereocenters. The van der Waals surface area contributed by atoms with E-state index in [1.54, 1.807) is 0 Å². The molecule has 0 spiro atoms. The van der Waals surface area contributed by atoms with Crippen molar-refractivity contribution in [2.45, 2.75) is 80.1 Å². The van der Waals surface area contributed by atoms with E-state index in [2.05, 4.69) is 48.5 Å². The predicted molar refractivity (Wildman–Crippen MR) is 84.6 cm³/mol. The minimum Gasteiger partial charge on any atom is -0.340 e. The summed E-state index contributed by atoms with van der Waals surface area (Å²) in [5.74, 6) is 4.02. The van der Waals surface area contributed by atoms with Gasteiger partial charge >= 0.3 is 0 Å². The normalized spacial score (nSPS) is 15.7. The fourth-order valence-corrected chi connectivity index (χ4v) is 3.58. The molecule has 0 nitrogen and oxygen atoms in total. The molecular formula is C18H37-. The van der Waals surface area contributed by atoms with E-state index in [1.807, 2.05) is 0 Å². The lowest BCUT2D eigenvalue weighted by Gasteiger charge is -2.36. The van der Waals surface area contributed by atoms with E-state index in [0.29, 0.717) is 5.92 Å². The van der Waals surface area contributed by atoms with E-state index >= 15 is 0 Å². The highest BCUT2D eigenvalue weighted by Crippen LogP contribution is 2.36. The average Bonchev–Trinajstić information content (AvgIpc) is 2.27. The Balaban J connectivity index is 4.58. The second kappa shape index (κ2) is 9.87. The number of hydrogen-bond donors (Lipinski definition) is 0. The van der Waals surface area contributed by atoms with E-state index in [0.717, 1.165) is 23.7 Å². The van der Waals surface area contributed by atoms with Gasteiger partial charge in [0.2, 0.25) is 0 Å². The lowest BCUT2D eigenvalue weighted by atomic mass is 9.71. The second-order valence-electron chi connectivity index (χ2n) is 6.83. The summed E-state index contributed by atoms with van der Waals surface area (Å²) in [5.41, 5.74) is 0. The van der Waals surface area contributed by atoms with Crippen LogP contribution in [0.3, 0.4) is 0 Å². The maximum atomic E-state index is 4.33. The van der Waals surface area contributed by atoms with Gasteiger partial charge in [-0.2, -0.15) is 5.92 Å². The molecule has 2 atom stereocenters. The summed E-state index contributed by atoms with van der Waals surface area (Å²) < 4.78 is 0. The van der Waals surface area contributed by atoms with E-state index in [4.69, 9.17) is 0 Å². The molecule has 0 rings (SSSR count). The SMILES string of the molecule is [CH2-]C(CC)CC(CCCCC)C(C(C)C)C(C)C. The summed E-state index contributed by atoms with van der Waals surface area (Å²) in [6.07, 6.45) is 8.12. The third-order valence-corrected chi connectivity index (χ3v) is 4.48. The summed E-state index contributed by atoms with van der Waals surface area (Å²) in [7, 11) is 0. The summed E-state index contributed by atoms with van der Waals surface area (Å²) >= 11 is 0. The molecule has 0 aliphatic carbocycles. The van der Waals surface area contributed by atoms with E-state index in [1.165, 1.54) is 38.5 Å². The molecule has 0 bridgehead atoms. The van der Waals surface area contributed by atoms with Gasteiger partial charge in [0.05, 0.1) is 0 Å². The van der Waals surface area contributed by atoms with Gasteiger partial charge in [-0.1, -0.05) is 80.1 Å². The zero-order chi connectivity index (χ0) is 14.1. The smallest absolute Gasteiger partial charge is 0.0340 e. The zero-order valence-corrected chi connectivity index (χ0v) is 13.8. The van der Waals surface area contributed by atoms with Gasteiger partial charge in [-0.15, -0.1) is 0 Å². The maximum absolute atomic E-state index is 4.33. The molecule has 0 amide bonds. The van der Waals surface area contributed by atoms with Crippen LogP contribution < -0.4 is 0 Å². The monoisotopic (exact) mass is 253 g/mol. The number of hydrogen-bond acceptors (Lipinski definition) is 0. The minimum absolute atomic E-state index is 0.650. The van der Waals surface area contributed by atoms with Crippen LogP contribution in [0.15, 0.2) is 0 Å². The van der Waals surface area contributed by atoms with Crippen molar-refractivity contribution in [3.05, 3.63) is 6.92 Å². The molecule has 0 saturated heterocycles. The second-order valence-corrected chi connectivity index (χ2v) is 6.83. The summed E-state index contributed by atoms with van der Waals surface area (Å²) in [6, 6.07) is 0. The first-order valence-corrected chi connectivity index (χ1v) is 8.26. The minimum atomic E-state index is 0.650. The lowest BCUT2D eigenvalue weighted by Crippen LogP contribution is -2.27. The van der Waals surface area contributed by atoms with Gasteiger partial charge in [-0.05, 0) is 23.7 Å². The molecule has 18 heavy (non-hydrogen) atoms. The number of rotatable bonds is 10. The van der Waals surface area contributed by atoms with Crippen molar-refractivity contribution in [3.63, 3.8) is 0 Å². The molecule has 0 fully saturated rings. The molecule has 0 radical (unpaired) electrons. The molecule has 0 heteroatoms. The highest BCUT2D eigenvalue weighted by molar-refractivity contribution is 4.78. The standard InChI is InChI=1S/C18H37/c1-8-10-11-12-17(13-16(7)9-2)18(14(3)4)15(5)6/h14-18H,7-13H2,1-6H3/q-1. The Morgan fingerprint density at radius 3 is 1.83 bits per heavy atom. The Kier molecular flexibility index (Phi) is 9.87. The molecule has 0 heterocycles. The molecule has 0 aliphatic heterocycles.